The van der Waals surface area contributed by atoms with Gasteiger partial charge in [-0.2, -0.15) is 0 Å². The van der Waals surface area contributed by atoms with E-state index in [-0.39, 0.29) is 28.3 Å². The summed E-state index contributed by atoms with van der Waals surface area (Å²) in [6.07, 6.45) is 0. The van der Waals surface area contributed by atoms with Crippen LogP contribution in [0, 0.1) is 13.8 Å². The summed E-state index contributed by atoms with van der Waals surface area (Å²) in [5, 5.41) is 2.67. The van der Waals surface area contributed by atoms with Crippen LogP contribution in [0.2, 0.25) is 0 Å². The number of methoxy groups -OCH3 is 1. The summed E-state index contributed by atoms with van der Waals surface area (Å²) in [6.45, 7) is 8.75. The molecule has 0 spiro atoms. The zero-order valence-electron chi connectivity index (χ0n) is 17.5. The Balaban J connectivity index is 2.32. The van der Waals surface area contributed by atoms with E-state index < -0.39 is 21.5 Å². The SMILES string of the molecule is COc1ccc(C(=O)NCc2c(C)cc(C)[nH]c2=O)cc1S(=O)(=O)NC(C)(C)C. The number of pyridine rings is 1. The lowest BCUT2D eigenvalue weighted by molar-refractivity contribution is 0.0950. The molecule has 2 rings (SSSR count). The van der Waals surface area contributed by atoms with Crippen molar-refractivity contribution in [2.45, 2.75) is 51.6 Å². The molecule has 158 valence electrons. The van der Waals surface area contributed by atoms with Gasteiger partial charge in [-0.05, 0) is 64.4 Å². The number of hydrogen-bond donors (Lipinski definition) is 3. The van der Waals surface area contributed by atoms with Crippen LogP contribution in [0.1, 0.15) is 48.0 Å². The molecule has 0 saturated heterocycles. The molecule has 0 saturated carbocycles. The van der Waals surface area contributed by atoms with Gasteiger partial charge in [0, 0.05) is 28.9 Å². The summed E-state index contributed by atoms with van der Waals surface area (Å²) in [6, 6.07) is 5.97. The number of ether oxygens (including phenoxy) is 1. The van der Waals surface area contributed by atoms with Crippen molar-refractivity contribution in [2.24, 2.45) is 0 Å². The van der Waals surface area contributed by atoms with E-state index in [4.69, 9.17) is 4.74 Å². The van der Waals surface area contributed by atoms with Gasteiger partial charge < -0.3 is 15.0 Å². The molecule has 29 heavy (non-hydrogen) atoms. The summed E-state index contributed by atoms with van der Waals surface area (Å²) >= 11 is 0. The molecule has 0 unspecified atom stereocenters. The number of amides is 1. The largest absolute Gasteiger partial charge is 0.495 e. The van der Waals surface area contributed by atoms with Crippen LogP contribution in [-0.4, -0.2) is 32.0 Å². The normalized spacial score (nSPS) is 11.9. The zero-order chi connectivity index (χ0) is 22.0. The van der Waals surface area contributed by atoms with Gasteiger partial charge in [0.1, 0.15) is 10.6 Å². The second kappa shape index (κ2) is 8.38. The Morgan fingerprint density at radius 1 is 1.17 bits per heavy atom. The number of hydrogen-bond acceptors (Lipinski definition) is 5. The van der Waals surface area contributed by atoms with Gasteiger partial charge in [0.05, 0.1) is 7.11 Å². The first-order chi connectivity index (χ1) is 13.3. The first kappa shape index (κ1) is 22.6. The van der Waals surface area contributed by atoms with Gasteiger partial charge in [-0.1, -0.05) is 0 Å². The van der Waals surface area contributed by atoms with Gasteiger partial charge in [-0.3, -0.25) is 9.59 Å². The smallest absolute Gasteiger partial charge is 0.253 e. The van der Waals surface area contributed by atoms with E-state index in [0.29, 0.717) is 5.56 Å². The molecule has 0 bridgehead atoms. The van der Waals surface area contributed by atoms with Crippen molar-refractivity contribution in [3.8, 4) is 5.75 Å². The van der Waals surface area contributed by atoms with Crippen molar-refractivity contribution in [2.75, 3.05) is 7.11 Å². The van der Waals surface area contributed by atoms with E-state index >= 15 is 0 Å². The molecule has 0 aliphatic rings. The number of aromatic nitrogens is 1. The van der Waals surface area contributed by atoms with E-state index in [1.165, 1.54) is 25.3 Å². The number of benzene rings is 1. The third kappa shape index (κ3) is 5.68. The Bertz CT molecular complexity index is 1080. The highest BCUT2D eigenvalue weighted by atomic mass is 32.2. The minimum Gasteiger partial charge on any atom is -0.495 e. The number of nitrogens with one attached hydrogen (secondary N) is 3. The number of aryl methyl sites for hydroxylation is 2. The molecule has 2 aromatic rings. The number of H-pyrrole nitrogens is 1. The lowest BCUT2D eigenvalue weighted by Crippen LogP contribution is -2.40. The molecule has 1 aromatic heterocycles. The zero-order valence-corrected chi connectivity index (χ0v) is 18.3. The van der Waals surface area contributed by atoms with Crippen molar-refractivity contribution in [3.63, 3.8) is 0 Å². The van der Waals surface area contributed by atoms with Gasteiger partial charge in [0.25, 0.3) is 11.5 Å². The van der Waals surface area contributed by atoms with Crippen molar-refractivity contribution in [1.82, 2.24) is 15.0 Å². The van der Waals surface area contributed by atoms with Crippen molar-refractivity contribution < 1.29 is 17.9 Å². The molecule has 3 N–H and O–H groups in total. The molecule has 8 nitrogen and oxygen atoms in total. The van der Waals surface area contributed by atoms with Crippen molar-refractivity contribution in [3.05, 3.63) is 57.0 Å². The standard InChI is InChI=1S/C20H27N3O5S/c1-12-9-13(2)22-19(25)15(12)11-21-18(24)14-7-8-16(28-6)17(10-14)29(26,27)23-20(3,4)5/h7-10,23H,11H2,1-6H3,(H,21,24)(H,22,25). The molecule has 9 heteroatoms. The maximum Gasteiger partial charge on any atom is 0.253 e. The summed E-state index contributed by atoms with van der Waals surface area (Å²) in [5.74, 6) is -0.372. The highest BCUT2D eigenvalue weighted by Crippen LogP contribution is 2.26. The molecule has 0 atom stereocenters. The third-order valence-corrected chi connectivity index (χ3v) is 5.85. The van der Waals surface area contributed by atoms with Gasteiger partial charge in [-0.15, -0.1) is 0 Å². The minimum absolute atomic E-state index is 0.0225. The maximum absolute atomic E-state index is 12.7. The predicted octanol–water partition coefficient (Wildman–Crippen LogP) is 2.01. The Labute approximate surface area is 170 Å². The number of carbonyl (C=O) groups is 1. The van der Waals surface area contributed by atoms with Gasteiger partial charge >= 0.3 is 0 Å². The average molecular weight is 422 g/mol. The van der Waals surface area contributed by atoms with E-state index in [9.17, 15) is 18.0 Å². The molecule has 1 heterocycles. The second-order valence-electron chi connectivity index (χ2n) is 7.85. The number of rotatable bonds is 6. The fourth-order valence-electron chi connectivity index (χ4n) is 2.86. The predicted molar refractivity (Wildman–Crippen MR) is 111 cm³/mol. The molecule has 0 aliphatic carbocycles. The van der Waals surface area contributed by atoms with Crippen LogP contribution in [0.15, 0.2) is 34.0 Å². The fraction of sp³-hybridized carbons (Fsp3) is 0.400. The first-order valence-electron chi connectivity index (χ1n) is 9.03. The van der Waals surface area contributed by atoms with Crippen LogP contribution in [0.5, 0.6) is 5.75 Å². The van der Waals surface area contributed by atoms with Crippen molar-refractivity contribution in [1.29, 1.82) is 0 Å². The topological polar surface area (TPSA) is 117 Å². The summed E-state index contributed by atoms with van der Waals surface area (Å²) < 4.78 is 33.2. The molecule has 1 amide bonds. The molecule has 1 aromatic carbocycles. The quantitative estimate of drug-likeness (QED) is 0.660. The number of carbonyl (C=O) groups excluding carboxylic acids is 1. The fourth-order valence-corrected chi connectivity index (χ4v) is 4.47. The highest BCUT2D eigenvalue weighted by molar-refractivity contribution is 7.89. The van der Waals surface area contributed by atoms with Crippen LogP contribution >= 0.6 is 0 Å². The van der Waals surface area contributed by atoms with Crippen LogP contribution in [0.4, 0.5) is 0 Å². The Morgan fingerprint density at radius 3 is 2.38 bits per heavy atom. The summed E-state index contributed by atoms with van der Waals surface area (Å²) in [7, 11) is -2.55. The first-order valence-corrected chi connectivity index (χ1v) is 10.5. The summed E-state index contributed by atoms with van der Waals surface area (Å²) in [4.78, 5) is 27.3. The second-order valence-corrected chi connectivity index (χ2v) is 9.50. The Hall–Kier alpha value is -2.65. The summed E-state index contributed by atoms with van der Waals surface area (Å²) in [5.41, 5.74) is 1.11. The van der Waals surface area contributed by atoms with E-state index in [1.54, 1.807) is 34.6 Å². The van der Waals surface area contributed by atoms with Crippen LogP contribution in [0.3, 0.4) is 0 Å². The minimum atomic E-state index is -3.91. The number of aromatic amines is 1. The lowest BCUT2D eigenvalue weighted by atomic mass is 10.1. The third-order valence-electron chi connectivity index (χ3n) is 4.08. The number of sulfonamides is 1. The Kier molecular flexibility index (Phi) is 6.54. The van der Waals surface area contributed by atoms with Gasteiger partial charge in [0.2, 0.25) is 10.0 Å². The van der Waals surface area contributed by atoms with E-state index in [2.05, 4.69) is 15.0 Å². The highest BCUT2D eigenvalue weighted by Gasteiger charge is 2.26. The molecule has 0 radical (unpaired) electrons. The van der Waals surface area contributed by atoms with Crippen LogP contribution in [-0.2, 0) is 16.6 Å². The maximum atomic E-state index is 12.7. The van der Waals surface area contributed by atoms with Gasteiger partial charge in [-0.25, -0.2) is 13.1 Å². The van der Waals surface area contributed by atoms with E-state index in [1.807, 2.05) is 6.07 Å². The van der Waals surface area contributed by atoms with Crippen LogP contribution < -0.4 is 20.3 Å². The lowest BCUT2D eigenvalue weighted by Gasteiger charge is -2.21. The molecular weight excluding hydrogens is 394 g/mol. The monoisotopic (exact) mass is 421 g/mol. The molecule has 0 fully saturated rings. The molecule has 0 aliphatic heterocycles. The van der Waals surface area contributed by atoms with E-state index in [0.717, 1.165) is 11.3 Å². The Morgan fingerprint density at radius 2 is 1.83 bits per heavy atom. The van der Waals surface area contributed by atoms with Crippen LogP contribution in [0.25, 0.3) is 0 Å². The van der Waals surface area contributed by atoms with Gasteiger partial charge in [0.15, 0.2) is 0 Å². The van der Waals surface area contributed by atoms with Crippen molar-refractivity contribution >= 4 is 15.9 Å². The average Bonchev–Trinajstić information content (AvgIpc) is 2.58. The molecular formula is C20H27N3O5S.